The molecule has 0 radical (unpaired) electrons. The molecule has 0 saturated heterocycles. The van der Waals surface area contributed by atoms with E-state index >= 15 is 0 Å². The molecule has 0 aliphatic carbocycles. The Kier molecular flexibility index (Phi) is 6.84. The Morgan fingerprint density at radius 1 is 0.971 bits per heavy atom. The van der Waals surface area contributed by atoms with Crippen molar-refractivity contribution in [2.45, 2.75) is 59.7 Å². The van der Waals surface area contributed by atoms with Gasteiger partial charge in [0.1, 0.15) is 22.5 Å². The van der Waals surface area contributed by atoms with E-state index < -0.39 is 23.4 Å². The molecule has 10 heteroatoms. The quantitative estimate of drug-likeness (QED) is 0.469. The maximum absolute atomic E-state index is 12.6. The normalized spacial score (nSPS) is 11.9. The molecular formula is C24H30N4O5S. The van der Waals surface area contributed by atoms with Gasteiger partial charge in [-0.1, -0.05) is 12.8 Å². The van der Waals surface area contributed by atoms with Crippen molar-refractivity contribution in [2.75, 3.05) is 11.4 Å². The average Bonchev–Trinajstić information content (AvgIpc) is 3.06. The monoisotopic (exact) mass is 486 g/mol. The fourth-order valence-corrected chi connectivity index (χ4v) is 3.37. The number of hydrogen-bond acceptors (Lipinski definition) is 8. The Balaban J connectivity index is 2.01. The van der Waals surface area contributed by atoms with E-state index in [1.807, 2.05) is 33.8 Å². The van der Waals surface area contributed by atoms with Crippen LogP contribution in [0.15, 0.2) is 30.7 Å². The number of anilines is 1. The molecule has 0 spiro atoms. The highest BCUT2D eigenvalue weighted by Crippen LogP contribution is 2.34. The number of aryl methyl sites for hydroxylation is 1. The third-order valence-electron chi connectivity index (χ3n) is 4.59. The summed E-state index contributed by atoms with van der Waals surface area (Å²) < 4.78 is 18.7. The molecule has 1 amide bonds. The highest BCUT2D eigenvalue weighted by molar-refractivity contribution is 7.82. The first-order chi connectivity index (χ1) is 15.7. The van der Waals surface area contributed by atoms with Crippen LogP contribution >= 0.6 is 12.8 Å². The van der Waals surface area contributed by atoms with Crippen molar-refractivity contribution >= 4 is 41.7 Å². The van der Waals surface area contributed by atoms with Crippen molar-refractivity contribution in [3.63, 3.8) is 0 Å². The molecule has 0 aliphatic rings. The highest BCUT2D eigenvalue weighted by atomic mass is 32.1. The Morgan fingerprint density at radius 2 is 1.56 bits per heavy atom. The number of ether oxygens (including phenoxy) is 3. The summed E-state index contributed by atoms with van der Waals surface area (Å²) >= 11 is 4.31. The maximum Gasteiger partial charge on any atom is 0.425 e. The molecule has 0 unspecified atom stereocenters. The molecule has 0 aliphatic heterocycles. The zero-order valence-electron chi connectivity index (χ0n) is 20.7. The molecule has 3 aromatic heterocycles. The number of methoxy groups -OCH3 is 1. The summed E-state index contributed by atoms with van der Waals surface area (Å²) in [5.74, 6) is 0.214. The number of aromatic nitrogens is 3. The molecule has 0 atom stereocenters. The van der Waals surface area contributed by atoms with E-state index in [9.17, 15) is 9.59 Å². The number of thiol groups is 1. The second-order valence-corrected chi connectivity index (χ2v) is 10.2. The van der Waals surface area contributed by atoms with Crippen LogP contribution in [0.5, 0.6) is 5.88 Å². The number of carbonyl (C=O) groups is 2. The summed E-state index contributed by atoms with van der Waals surface area (Å²) in [5.41, 5.74) is 1.77. The predicted molar refractivity (Wildman–Crippen MR) is 134 cm³/mol. The van der Waals surface area contributed by atoms with Gasteiger partial charge in [-0.2, -0.15) is 0 Å². The van der Waals surface area contributed by atoms with E-state index in [-0.39, 0.29) is 5.88 Å². The lowest BCUT2D eigenvalue weighted by atomic mass is 10.1. The maximum atomic E-state index is 12.6. The average molecular weight is 487 g/mol. The van der Waals surface area contributed by atoms with Crippen LogP contribution in [0.2, 0.25) is 0 Å². The van der Waals surface area contributed by atoms with Crippen LogP contribution < -0.4 is 9.04 Å². The minimum Gasteiger partial charge on any atom is -0.479 e. The first-order valence-corrected chi connectivity index (χ1v) is 11.1. The number of nitrogens with zero attached hydrogens (tertiary/aromatic N) is 4. The van der Waals surface area contributed by atoms with Gasteiger partial charge in [0.15, 0.2) is 0 Å². The molecular weight excluding hydrogens is 456 g/mol. The third kappa shape index (κ3) is 5.61. The molecule has 0 N–H and O–H groups in total. The SMILES string of the molecule is COc1ncc(-c2cnc3c(c2)c(C)cn3C(=O)OC(C)(C)C)cc1N(S)C(=O)OC(C)(C)C. The van der Waals surface area contributed by atoms with E-state index in [4.69, 9.17) is 14.2 Å². The van der Waals surface area contributed by atoms with Crippen LogP contribution in [-0.4, -0.2) is 45.0 Å². The molecule has 3 rings (SSSR count). The van der Waals surface area contributed by atoms with Crippen molar-refractivity contribution in [1.82, 2.24) is 14.5 Å². The molecule has 182 valence electrons. The van der Waals surface area contributed by atoms with Crippen molar-refractivity contribution < 1.29 is 23.8 Å². The van der Waals surface area contributed by atoms with Crippen molar-refractivity contribution in [3.05, 3.63) is 36.3 Å². The van der Waals surface area contributed by atoms with Crippen LogP contribution in [0, 0.1) is 6.92 Å². The highest BCUT2D eigenvalue weighted by Gasteiger charge is 2.25. The number of carbonyl (C=O) groups excluding carboxylic acids is 2. The van der Waals surface area contributed by atoms with Crippen molar-refractivity contribution in [1.29, 1.82) is 0 Å². The van der Waals surface area contributed by atoms with Gasteiger partial charge in [0.25, 0.3) is 0 Å². The summed E-state index contributed by atoms with van der Waals surface area (Å²) in [6, 6.07) is 3.62. The van der Waals surface area contributed by atoms with E-state index in [2.05, 4.69) is 22.8 Å². The minimum absolute atomic E-state index is 0.214. The minimum atomic E-state index is -0.690. The predicted octanol–water partition coefficient (Wildman–Crippen LogP) is 5.78. The second kappa shape index (κ2) is 9.17. The number of fused-ring (bicyclic) bond motifs is 1. The van der Waals surface area contributed by atoms with Crippen LogP contribution in [-0.2, 0) is 9.47 Å². The Morgan fingerprint density at radius 3 is 2.15 bits per heavy atom. The Bertz CT molecular complexity index is 1240. The van der Waals surface area contributed by atoms with E-state index in [1.54, 1.807) is 45.4 Å². The number of pyridine rings is 2. The van der Waals surface area contributed by atoms with E-state index in [0.29, 0.717) is 16.9 Å². The summed E-state index contributed by atoms with van der Waals surface area (Å²) in [6.45, 7) is 12.6. The summed E-state index contributed by atoms with van der Waals surface area (Å²) in [5, 5.41) is 0.788. The lowest BCUT2D eigenvalue weighted by molar-refractivity contribution is 0.0541. The molecule has 3 aromatic rings. The Labute approximate surface area is 204 Å². The van der Waals surface area contributed by atoms with Crippen LogP contribution in [0.4, 0.5) is 15.3 Å². The van der Waals surface area contributed by atoms with E-state index in [0.717, 1.165) is 20.8 Å². The van der Waals surface area contributed by atoms with Crippen molar-refractivity contribution in [3.8, 4) is 17.0 Å². The fraction of sp³-hybridized carbons (Fsp3) is 0.417. The van der Waals surface area contributed by atoms with Gasteiger partial charge in [-0.05, 0) is 66.2 Å². The lowest BCUT2D eigenvalue weighted by Gasteiger charge is -2.24. The van der Waals surface area contributed by atoms with Gasteiger partial charge in [0, 0.05) is 35.1 Å². The van der Waals surface area contributed by atoms with Gasteiger partial charge in [-0.15, -0.1) is 0 Å². The largest absolute Gasteiger partial charge is 0.479 e. The van der Waals surface area contributed by atoms with Gasteiger partial charge < -0.3 is 14.2 Å². The topological polar surface area (TPSA) is 95.8 Å². The zero-order chi connectivity index (χ0) is 25.4. The summed E-state index contributed by atoms with van der Waals surface area (Å²) in [6.07, 6.45) is 3.79. The smallest absolute Gasteiger partial charge is 0.425 e. The lowest BCUT2D eigenvalue weighted by Crippen LogP contribution is -2.31. The third-order valence-corrected chi connectivity index (χ3v) is 4.96. The molecule has 3 heterocycles. The number of hydrogen-bond donors (Lipinski definition) is 1. The van der Waals surface area contributed by atoms with Crippen LogP contribution in [0.1, 0.15) is 47.1 Å². The molecule has 0 bridgehead atoms. The standard InChI is InChI=1S/C24H30N4O5S/c1-14-13-27(21(29)32-23(2,3)4)19-17(14)9-15(11-25-19)16-10-18(20(31-8)26-12-16)28(34)22(30)33-24(5,6)7/h9-13,34H,1-8H3. The van der Waals surface area contributed by atoms with Crippen LogP contribution in [0.3, 0.4) is 0 Å². The summed E-state index contributed by atoms with van der Waals surface area (Å²) in [4.78, 5) is 34.0. The number of amides is 1. The van der Waals surface area contributed by atoms with Gasteiger partial charge >= 0.3 is 12.2 Å². The first-order valence-electron chi connectivity index (χ1n) is 10.7. The first kappa shape index (κ1) is 25.4. The molecule has 0 aromatic carbocycles. The van der Waals surface area contributed by atoms with Gasteiger partial charge in [-0.3, -0.25) is 0 Å². The van der Waals surface area contributed by atoms with Gasteiger partial charge in [0.2, 0.25) is 5.88 Å². The Hall–Kier alpha value is -3.27. The van der Waals surface area contributed by atoms with Crippen molar-refractivity contribution in [2.24, 2.45) is 0 Å². The second-order valence-electron chi connectivity index (χ2n) is 9.80. The zero-order valence-corrected chi connectivity index (χ0v) is 21.6. The molecule has 0 saturated carbocycles. The summed E-state index contributed by atoms with van der Waals surface area (Å²) in [7, 11) is 1.46. The van der Waals surface area contributed by atoms with E-state index in [1.165, 1.54) is 11.7 Å². The van der Waals surface area contributed by atoms with Gasteiger partial charge in [-0.25, -0.2) is 28.4 Å². The molecule has 9 nitrogen and oxygen atoms in total. The van der Waals surface area contributed by atoms with Gasteiger partial charge in [0.05, 0.1) is 7.11 Å². The molecule has 0 fully saturated rings. The molecule has 34 heavy (non-hydrogen) atoms. The fourth-order valence-electron chi connectivity index (χ4n) is 3.18. The van der Waals surface area contributed by atoms with Crippen LogP contribution in [0.25, 0.3) is 22.2 Å². The number of rotatable bonds is 3.